The number of hydrogen-bond acceptors (Lipinski definition) is 8. The summed E-state index contributed by atoms with van der Waals surface area (Å²) >= 11 is 0. The van der Waals surface area contributed by atoms with E-state index >= 15 is 0 Å². The molecule has 0 unspecified atom stereocenters. The summed E-state index contributed by atoms with van der Waals surface area (Å²) in [5.41, 5.74) is 3.73. The minimum atomic E-state index is -0.549. The van der Waals surface area contributed by atoms with Crippen molar-refractivity contribution in [3.05, 3.63) is 108 Å². The number of Topliss-reactive ketones (excluding diaryl/α,β-unsaturated/α-hetero) is 1. The fraction of sp³-hybridized carbons (Fsp3) is 0.308. The third-order valence-corrected chi connectivity index (χ3v) is 8.24. The van der Waals surface area contributed by atoms with Crippen molar-refractivity contribution in [3.8, 4) is 22.9 Å². The predicted octanol–water partition coefficient (Wildman–Crippen LogP) is 7.96. The van der Waals surface area contributed by atoms with Gasteiger partial charge < -0.3 is 19.7 Å². The molecular formula is C39H41N5O4. The number of pyridine rings is 1. The van der Waals surface area contributed by atoms with Gasteiger partial charge in [-0.05, 0) is 80.8 Å². The number of aromatic nitrogens is 3. The largest absolute Gasteiger partial charge is 0.444 e. The summed E-state index contributed by atoms with van der Waals surface area (Å²) in [6, 6.07) is 25.5. The smallest absolute Gasteiger partial charge is 0.410 e. The van der Waals surface area contributed by atoms with Crippen LogP contribution in [-0.2, 0) is 22.4 Å². The number of anilines is 1. The first kappa shape index (κ1) is 32.6. The van der Waals surface area contributed by atoms with Gasteiger partial charge in [-0.1, -0.05) is 60.7 Å². The Hall–Kier alpha value is -5.31. The number of amides is 1. The number of piperidine rings is 1. The lowest BCUT2D eigenvalue weighted by molar-refractivity contribution is -0.117. The molecule has 9 nitrogen and oxygen atoms in total. The Balaban J connectivity index is 1.22. The molecule has 6 rings (SSSR count). The maximum absolute atomic E-state index is 13.0. The molecule has 0 aliphatic carbocycles. The van der Waals surface area contributed by atoms with Crippen LogP contribution in [-0.4, -0.2) is 56.5 Å². The summed E-state index contributed by atoms with van der Waals surface area (Å²) in [7, 11) is 0. The van der Waals surface area contributed by atoms with Gasteiger partial charge in [0, 0.05) is 49.8 Å². The van der Waals surface area contributed by atoms with Crippen LogP contribution in [0.2, 0.25) is 0 Å². The highest BCUT2D eigenvalue weighted by atomic mass is 16.6. The van der Waals surface area contributed by atoms with Crippen LogP contribution in [0.4, 0.5) is 10.7 Å². The molecule has 0 spiro atoms. The second-order valence-electron chi connectivity index (χ2n) is 13.2. The van der Waals surface area contributed by atoms with Crippen molar-refractivity contribution in [1.29, 1.82) is 0 Å². The van der Waals surface area contributed by atoms with Gasteiger partial charge in [-0.3, -0.25) is 4.79 Å². The van der Waals surface area contributed by atoms with Gasteiger partial charge in [0.1, 0.15) is 17.1 Å². The molecule has 1 aliphatic rings. The van der Waals surface area contributed by atoms with Crippen molar-refractivity contribution in [3.63, 3.8) is 0 Å². The van der Waals surface area contributed by atoms with E-state index in [4.69, 9.17) is 14.5 Å². The number of nitrogens with zero attached hydrogens (tertiary/aromatic N) is 4. The quantitative estimate of drug-likeness (QED) is 0.172. The second-order valence-corrected chi connectivity index (χ2v) is 13.2. The van der Waals surface area contributed by atoms with Crippen LogP contribution >= 0.6 is 0 Å². The number of fused-ring (bicyclic) bond motifs is 1. The number of nitrogens with one attached hydrogen (secondary N) is 1. The Bertz CT molecular complexity index is 1920. The molecule has 1 atom stereocenters. The summed E-state index contributed by atoms with van der Waals surface area (Å²) in [6.07, 6.45) is 5.55. The molecule has 9 heteroatoms. The van der Waals surface area contributed by atoms with E-state index in [-0.39, 0.29) is 17.9 Å². The van der Waals surface area contributed by atoms with Gasteiger partial charge in [0.25, 0.3) is 0 Å². The third-order valence-electron chi connectivity index (χ3n) is 8.24. The zero-order valence-corrected chi connectivity index (χ0v) is 27.9. The summed E-state index contributed by atoms with van der Waals surface area (Å²) in [5, 5.41) is 5.30. The number of hydrogen-bond donors (Lipinski definition) is 1. The molecule has 2 aromatic heterocycles. The van der Waals surface area contributed by atoms with E-state index in [1.54, 1.807) is 17.3 Å². The number of carbonyl (C=O) groups is 2. The van der Waals surface area contributed by atoms with E-state index in [2.05, 4.69) is 21.4 Å². The van der Waals surface area contributed by atoms with Crippen molar-refractivity contribution < 1.29 is 19.1 Å². The van der Waals surface area contributed by atoms with Gasteiger partial charge in [0.05, 0.1) is 11.3 Å². The summed E-state index contributed by atoms with van der Waals surface area (Å²) in [5.74, 6) is 1.71. The highest BCUT2D eigenvalue weighted by molar-refractivity contribution is 5.95. The van der Waals surface area contributed by atoms with Gasteiger partial charge in [0.2, 0.25) is 11.8 Å². The van der Waals surface area contributed by atoms with Gasteiger partial charge in [-0.2, -0.15) is 0 Å². The maximum atomic E-state index is 13.0. The predicted molar refractivity (Wildman–Crippen MR) is 187 cm³/mol. The van der Waals surface area contributed by atoms with E-state index in [1.165, 1.54) is 0 Å². The molecule has 1 fully saturated rings. The number of carbonyl (C=O) groups excluding carboxylic acids is 2. The lowest BCUT2D eigenvalue weighted by Crippen LogP contribution is -2.47. The lowest BCUT2D eigenvalue weighted by atomic mass is 9.96. The molecule has 0 bridgehead atoms. The number of ether oxygens (including phenoxy) is 2. The lowest BCUT2D eigenvalue weighted by Gasteiger charge is -2.34. The molecule has 48 heavy (non-hydrogen) atoms. The highest BCUT2D eigenvalue weighted by Gasteiger charge is 2.28. The van der Waals surface area contributed by atoms with Crippen LogP contribution in [0.3, 0.4) is 0 Å². The molecule has 5 aromatic rings. The highest BCUT2D eigenvalue weighted by Crippen LogP contribution is 2.37. The first-order chi connectivity index (χ1) is 23.1. The van der Waals surface area contributed by atoms with Gasteiger partial charge in [-0.25, -0.2) is 19.7 Å². The minimum Gasteiger partial charge on any atom is -0.444 e. The van der Waals surface area contributed by atoms with Crippen molar-refractivity contribution >= 4 is 28.6 Å². The normalized spacial score (nSPS) is 14.8. The van der Waals surface area contributed by atoms with E-state index in [0.717, 1.165) is 40.3 Å². The van der Waals surface area contributed by atoms with Crippen LogP contribution < -0.4 is 10.1 Å². The molecule has 1 aliphatic heterocycles. The fourth-order valence-corrected chi connectivity index (χ4v) is 6.00. The Labute approximate surface area is 281 Å². The van der Waals surface area contributed by atoms with Crippen LogP contribution in [0.15, 0.2) is 91.3 Å². The van der Waals surface area contributed by atoms with Crippen LogP contribution in [0.1, 0.15) is 50.3 Å². The van der Waals surface area contributed by atoms with E-state index in [9.17, 15) is 9.59 Å². The molecule has 1 saturated heterocycles. The van der Waals surface area contributed by atoms with Crippen molar-refractivity contribution in [2.24, 2.45) is 0 Å². The number of benzene rings is 3. The Kier molecular flexibility index (Phi) is 9.66. The van der Waals surface area contributed by atoms with E-state index in [1.807, 2.05) is 100 Å². The zero-order valence-electron chi connectivity index (χ0n) is 27.9. The standard InChI is InChI=1S/C39H41N5O4/c1-26-17-18-31-28(24-30(45)23-27-11-6-5-7-12-27)13-8-15-32(31)35(26)47-36-33(16-9-20-40-36)34-19-21-41-37(43-34)42-29-14-10-22-44(25-29)38(46)48-39(2,3)4/h5-9,11-13,15-21,29H,10,14,22-25H2,1-4H3,(H,41,42,43)/t29-/m0/s1. The van der Waals surface area contributed by atoms with Crippen molar-refractivity contribution in [2.75, 3.05) is 18.4 Å². The molecule has 3 aromatic carbocycles. The van der Waals surface area contributed by atoms with Crippen LogP contribution in [0.5, 0.6) is 11.6 Å². The van der Waals surface area contributed by atoms with Gasteiger partial charge in [-0.15, -0.1) is 0 Å². The molecule has 0 saturated carbocycles. The first-order valence-corrected chi connectivity index (χ1v) is 16.4. The number of rotatable bonds is 9. The minimum absolute atomic E-state index is 0.0155. The van der Waals surface area contributed by atoms with Gasteiger partial charge in [0.15, 0.2) is 0 Å². The maximum Gasteiger partial charge on any atom is 0.410 e. The molecule has 1 amide bonds. The Morgan fingerprint density at radius 3 is 2.54 bits per heavy atom. The average molecular weight is 644 g/mol. The van der Waals surface area contributed by atoms with E-state index < -0.39 is 5.60 Å². The molecule has 3 heterocycles. The SMILES string of the molecule is Cc1ccc2c(CC(=O)Cc3ccccc3)cccc2c1Oc1ncccc1-c1ccnc(N[C@H]2CCCN(C(=O)OC(C)(C)C)C2)n1. The summed E-state index contributed by atoms with van der Waals surface area (Å²) < 4.78 is 12.2. The van der Waals surface area contributed by atoms with E-state index in [0.29, 0.717) is 54.8 Å². The first-order valence-electron chi connectivity index (χ1n) is 16.4. The summed E-state index contributed by atoms with van der Waals surface area (Å²) in [4.78, 5) is 41.4. The van der Waals surface area contributed by atoms with Crippen LogP contribution in [0.25, 0.3) is 22.0 Å². The number of ketones is 1. The number of likely N-dealkylation sites (tertiary alicyclic amines) is 1. The molecule has 1 N–H and O–H groups in total. The van der Waals surface area contributed by atoms with Crippen LogP contribution in [0, 0.1) is 6.92 Å². The van der Waals surface area contributed by atoms with Crippen molar-refractivity contribution in [2.45, 2.75) is 65.0 Å². The molecule has 0 radical (unpaired) electrons. The molecule has 246 valence electrons. The Morgan fingerprint density at radius 1 is 0.896 bits per heavy atom. The third kappa shape index (κ3) is 7.97. The Morgan fingerprint density at radius 2 is 1.73 bits per heavy atom. The fourth-order valence-electron chi connectivity index (χ4n) is 6.00. The number of aryl methyl sites for hydroxylation is 1. The van der Waals surface area contributed by atoms with Gasteiger partial charge >= 0.3 is 6.09 Å². The molecular weight excluding hydrogens is 602 g/mol. The topological polar surface area (TPSA) is 107 Å². The summed E-state index contributed by atoms with van der Waals surface area (Å²) in [6.45, 7) is 8.77. The zero-order chi connectivity index (χ0) is 33.7. The van der Waals surface area contributed by atoms with Crippen molar-refractivity contribution in [1.82, 2.24) is 19.9 Å². The second kappa shape index (κ2) is 14.2. The average Bonchev–Trinajstić information content (AvgIpc) is 3.06. The monoisotopic (exact) mass is 643 g/mol.